The lowest BCUT2D eigenvalue weighted by Crippen LogP contribution is -2.59. The van der Waals surface area contributed by atoms with Gasteiger partial charge in [0.2, 0.25) is 17.7 Å². The minimum absolute atomic E-state index is 0.0138. The van der Waals surface area contributed by atoms with Crippen molar-refractivity contribution in [2.24, 2.45) is 11.7 Å². The van der Waals surface area contributed by atoms with Crippen LogP contribution in [0, 0.1) is 5.92 Å². The van der Waals surface area contributed by atoms with Crippen molar-refractivity contribution >= 4 is 34.6 Å². The number of carboxylic acid groups (broad SMARTS) is 1. The van der Waals surface area contributed by atoms with Crippen molar-refractivity contribution in [1.29, 1.82) is 0 Å². The second kappa shape index (κ2) is 14.2. The van der Waals surface area contributed by atoms with Gasteiger partial charge in [-0.3, -0.25) is 14.4 Å². The van der Waals surface area contributed by atoms with Gasteiger partial charge in [-0.25, -0.2) is 4.79 Å². The Labute approximate surface area is 232 Å². The van der Waals surface area contributed by atoms with Crippen molar-refractivity contribution in [1.82, 2.24) is 20.9 Å². The SMILES string of the molecule is CCC(C)C(N)C(=O)NC(CO)C(=O)NC(Cc1ccccc1)C(=O)NC(Cc1c[nH]c2ccccc12)C(=O)O. The van der Waals surface area contributed by atoms with Gasteiger partial charge in [0.15, 0.2) is 0 Å². The number of benzene rings is 2. The van der Waals surface area contributed by atoms with E-state index in [-0.39, 0.29) is 18.8 Å². The molecule has 3 amide bonds. The Morgan fingerprint density at radius 3 is 2.10 bits per heavy atom. The highest BCUT2D eigenvalue weighted by Crippen LogP contribution is 2.19. The van der Waals surface area contributed by atoms with E-state index in [4.69, 9.17) is 5.73 Å². The Morgan fingerprint density at radius 1 is 0.850 bits per heavy atom. The first-order chi connectivity index (χ1) is 19.1. The second-order valence-corrected chi connectivity index (χ2v) is 9.87. The molecule has 3 rings (SSSR count). The third-order valence-electron chi connectivity index (χ3n) is 7.00. The van der Waals surface area contributed by atoms with Gasteiger partial charge in [0, 0.05) is 29.9 Å². The monoisotopic (exact) mass is 551 g/mol. The summed E-state index contributed by atoms with van der Waals surface area (Å²) in [6.45, 7) is 2.96. The standard InChI is InChI=1S/C29H37N5O6/c1-3-17(2)25(30)28(38)34-24(16-35)27(37)32-22(13-18-9-5-4-6-10-18)26(36)33-23(29(39)40)14-19-15-31-21-12-8-7-11-20(19)21/h4-12,15,17,22-25,31,35H,3,13-14,16,30H2,1-2H3,(H,32,37)(H,33,36)(H,34,38)(H,39,40). The molecule has 2 aromatic carbocycles. The summed E-state index contributed by atoms with van der Waals surface area (Å²) in [5.74, 6) is -3.50. The van der Waals surface area contributed by atoms with Gasteiger partial charge in [-0.05, 0) is 23.1 Å². The minimum atomic E-state index is -1.35. The van der Waals surface area contributed by atoms with E-state index >= 15 is 0 Å². The zero-order valence-corrected chi connectivity index (χ0v) is 22.6. The number of carbonyl (C=O) groups excluding carboxylic acids is 3. The average molecular weight is 552 g/mol. The van der Waals surface area contributed by atoms with Crippen molar-refractivity contribution < 1.29 is 29.4 Å². The Hall–Kier alpha value is -4.22. The number of aliphatic hydroxyl groups is 1. The maximum atomic E-state index is 13.4. The molecule has 11 nitrogen and oxygen atoms in total. The third-order valence-corrected chi connectivity index (χ3v) is 7.00. The maximum absolute atomic E-state index is 13.4. The lowest BCUT2D eigenvalue weighted by Gasteiger charge is -2.25. The van der Waals surface area contributed by atoms with Gasteiger partial charge in [-0.15, -0.1) is 0 Å². The number of para-hydroxylation sites is 1. The van der Waals surface area contributed by atoms with Gasteiger partial charge in [0.05, 0.1) is 12.6 Å². The van der Waals surface area contributed by atoms with E-state index in [2.05, 4.69) is 20.9 Å². The minimum Gasteiger partial charge on any atom is -0.480 e. The Bertz CT molecular complexity index is 1310. The van der Waals surface area contributed by atoms with Gasteiger partial charge in [-0.2, -0.15) is 0 Å². The first-order valence-corrected chi connectivity index (χ1v) is 13.2. The predicted molar refractivity (Wildman–Crippen MR) is 150 cm³/mol. The van der Waals surface area contributed by atoms with Crippen LogP contribution in [0.3, 0.4) is 0 Å². The molecule has 0 spiro atoms. The molecule has 1 aromatic heterocycles. The number of nitrogens with two attached hydrogens (primary N) is 1. The summed E-state index contributed by atoms with van der Waals surface area (Å²) in [7, 11) is 0. The zero-order valence-electron chi connectivity index (χ0n) is 22.6. The van der Waals surface area contributed by atoms with Crippen molar-refractivity contribution in [3.63, 3.8) is 0 Å². The van der Waals surface area contributed by atoms with Crippen LogP contribution in [0.5, 0.6) is 0 Å². The van der Waals surface area contributed by atoms with Crippen molar-refractivity contribution in [2.75, 3.05) is 6.61 Å². The van der Waals surface area contributed by atoms with E-state index in [1.807, 2.05) is 31.2 Å². The van der Waals surface area contributed by atoms with Crippen LogP contribution in [0.1, 0.15) is 31.4 Å². The van der Waals surface area contributed by atoms with Crippen LogP contribution in [0.4, 0.5) is 0 Å². The van der Waals surface area contributed by atoms with Crippen LogP contribution in [0.2, 0.25) is 0 Å². The number of aromatic nitrogens is 1. The highest BCUT2D eigenvalue weighted by atomic mass is 16.4. The molecule has 8 N–H and O–H groups in total. The van der Waals surface area contributed by atoms with E-state index in [9.17, 15) is 29.4 Å². The molecule has 0 saturated heterocycles. The summed E-state index contributed by atoms with van der Waals surface area (Å²) in [5, 5.41) is 28.1. The second-order valence-electron chi connectivity index (χ2n) is 9.87. The topological polar surface area (TPSA) is 187 Å². The largest absolute Gasteiger partial charge is 0.480 e. The van der Waals surface area contributed by atoms with Gasteiger partial charge in [0.25, 0.3) is 0 Å². The van der Waals surface area contributed by atoms with Crippen LogP contribution in [0.25, 0.3) is 10.9 Å². The van der Waals surface area contributed by atoms with Crippen LogP contribution in [0.15, 0.2) is 60.8 Å². The number of nitrogens with one attached hydrogen (secondary N) is 4. The quantitative estimate of drug-likeness (QED) is 0.155. The number of aliphatic hydroxyl groups excluding tert-OH is 1. The summed E-state index contributed by atoms with van der Waals surface area (Å²) in [6, 6.07) is 11.6. The smallest absolute Gasteiger partial charge is 0.326 e. The van der Waals surface area contributed by atoms with Crippen LogP contribution >= 0.6 is 0 Å². The average Bonchev–Trinajstić information content (AvgIpc) is 3.37. The molecule has 5 atom stereocenters. The molecular weight excluding hydrogens is 514 g/mol. The molecule has 0 aliphatic heterocycles. The van der Waals surface area contributed by atoms with Gasteiger partial charge >= 0.3 is 5.97 Å². The van der Waals surface area contributed by atoms with Gasteiger partial charge in [-0.1, -0.05) is 68.8 Å². The molecule has 0 saturated carbocycles. The van der Waals surface area contributed by atoms with E-state index < -0.39 is 54.5 Å². The predicted octanol–water partition coefficient (Wildman–Crippen LogP) is 0.858. The first-order valence-electron chi connectivity index (χ1n) is 13.2. The molecule has 0 bridgehead atoms. The maximum Gasteiger partial charge on any atom is 0.326 e. The van der Waals surface area contributed by atoms with Crippen LogP contribution in [-0.2, 0) is 32.0 Å². The van der Waals surface area contributed by atoms with Crippen molar-refractivity contribution in [2.45, 2.75) is 57.3 Å². The molecule has 11 heteroatoms. The van der Waals surface area contributed by atoms with Gasteiger partial charge in [0.1, 0.15) is 18.1 Å². The number of H-pyrrole nitrogens is 1. The molecule has 214 valence electrons. The number of hydrogen-bond acceptors (Lipinski definition) is 6. The molecule has 0 radical (unpaired) electrons. The van der Waals surface area contributed by atoms with E-state index in [0.29, 0.717) is 12.0 Å². The third kappa shape index (κ3) is 7.90. The molecule has 3 aromatic rings. The molecule has 0 aliphatic rings. The highest BCUT2D eigenvalue weighted by Gasteiger charge is 2.31. The zero-order chi connectivity index (χ0) is 29.2. The Kier molecular flexibility index (Phi) is 10.8. The summed E-state index contributed by atoms with van der Waals surface area (Å²) in [4.78, 5) is 54.2. The molecule has 1 heterocycles. The fourth-order valence-corrected chi connectivity index (χ4v) is 4.30. The normalized spacial score (nSPS) is 14.9. The number of fused-ring (bicyclic) bond motifs is 1. The summed E-state index contributed by atoms with van der Waals surface area (Å²) in [6.07, 6.45) is 2.41. The van der Waals surface area contributed by atoms with Crippen LogP contribution in [-0.4, -0.2) is 69.7 Å². The molecule has 0 fully saturated rings. The fourth-order valence-electron chi connectivity index (χ4n) is 4.30. The number of aliphatic carboxylic acids is 1. The summed E-state index contributed by atoms with van der Waals surface area (Å²) in [5.41, 5.74) is 8.22. The number of carbonyl (C=O) groups is 4. The summed E-state index contributed by atoms with van der Waals surface area (Å²) < 4.78 is 0. The Balaban J connectivity index is 1.77. The van der Waals surface area contributed by atoms with E-state index in [1.54, 1.807) is 43.5 Å². The highest BCUT2D eigenvalue weighted by molar-refractivity contribution is 5.94. The number of aromatic amines is 1. The number of rotatable bonds is 14. The van der Waals surface area contributed by atoms with Crippen molar-refractivity contribution in [3.8, 4) is 0 Å². The first kappa shape index (κ1) is 30.3. The molecular formula is C29H37N5O6. The number of amides is 3. The van der Waals surface area contributed by atoms with Crippen LogP contribution < -0.4 is 21.7 Å². The van der Waals surface area contributed by atoms with Crippen molar-refractivity contribution in [3.05, 3.63) is 71.9 Å². The summed E-state index contributed by atoms with van der Waals surface area (Å²) >= 11 is 0. The fraction of sp³-hybridized carbons (Fsp3) is 0.379. The lowest BCUT2D eigenvalue weighted by molar-refractivity contribution is -0.142. The number of hydrogen-bond donors (Lipinski definition) is 7. The molecule has 0 aliphatic carbocycles. The van der Waals surface area contributed by atoms with Gasteiger partial charge < -0.3 is 36.9 Å². The van der Waals surface area contributed by atoms with E-state index in [1.165, 1.54) is 0 Å². The van der Waals surface area contributed by atoms with E-state index in [0.717, 1.165) is 16.5 Å². The molecule has 40 heavy (non-hydrogen) atoms. The number of carboxylic acids is 1. The molecule has 5 unspecified atom stereocenters. The Morgan fingerprint density at radius 2 is 1.45 bits per heavy atom. The lowest BCUT2D eigenvalue weighted by atomic mass is 9.99.